The van der Waals surface area contributed by atoms with Crippen molar-refractivity contribution in [3.05, 3.63) is 12.4 Å². The van der Waals surface area contributed by atoms with Gasteiger partial charge in [-0.3, -0.25) is 0 Å². The summed E-state index contributed by atoms with van der Waals surface area (Å²) in [6.45, 7) is 6.94. The van der Waals surface area contributed by atoms with Crippen molar-refractivity contribution in [2.75, 3.05) is 18.5 Å². The fourth-order valence-electron chi connectivity index (χ4n) is 1.97. The van der Waals surface area contributed by atoms with Gasteiger partial charge in [-0.25, -0.2) is 4.98 Å². The van der Waals surface area contributed by atoms with Crippen molar-refractivity contribution in [1.82, 2.24) is 9.55 Å². The van der Waals surface area contributed by atoms with E-state index in [4.69, 9.17) is 4.74 Å². The van der Waals surface area contributed by atoms with E-state index in [1.807, 2.05) is 12.4 Å². The van der Waals surface area contributed by atoms with Crippen molar-refractivity contribution in [2.24, 2.45) is 0 Å². The second-order valence-corrected chi connectivity index (χ2v) is 4.29. The molecule has 84 valence electrons. The minimum Gasteiger partial charge on any atom is -0.373 e. The van der Waals surface area contributed by atoms with Crippen molar-refractivity contribution in [3.8, 4) is 0 Å². The van der Waals surface area contributed by atoms with Gasteiger partial charge in [0.05, 0.1) is 5.60 Å². The van der Waals surface area contributed by atoms with E-state index in [0.717, 1.165) is 32.1 Å². The molecule has 2 heterocycles. The number of imidazole rings is 1. The number of nitrogens with zero attached hydrogens (tertiary/aromatic N) is 2. The molecular formula is C11H19N3O. The van der Waals surface area contributed by atoms with E-state index in [9.17, 15) is 0 Å². The van der Waals surface area contributed by atoms with Crippen LogP contribution in [0.4, 0.5) is 5.95 Å². The Labute approximate surface area is 90.6 Å². The maximum absolute atomic E-state index is 5.71. The van der Waals surface area contributed by atoms with Crippen LogP contribution in [0.25, 0.3) is 0 Å². The molecule has 1 fully saturated rings. The average Bonchev–Trinajstić information content (AvgIpc) is 2.84. The summed E-state index contributed by atoms with van der Waals surface area (Å²) >= 11 is 0. The Balaban J connectivity index is 1.92. The number of aryl methyl sites for hydroxylation is 1. The first-order valence-corrected chi connectivity index (χ1v) is 5.62. The van der Waals surface area contributed by atoms with Gasteiger partial charge in [0.15, 0.2) is 0 Å². The van der Waals surface area contributed by atoms with Gasteiger partial charge in [-0.2, -0.15) is 0 Å². The molecule has 0 bridgehead atoms. The Morgan fingerprint density at radius 2 is 2.53 bits per heavy atom. The Morgan fingerprint density at radius 3 is 3.20 bits per heavy atom. The van der Waals surface area contributed by atoms with Gasteiger partial charge < -0.3 is 14.6 Å². The largest absolute Gasteiger partial charge is 0.373 e. The minimum atomic E-state index is -0.00940. The highest BCUT2D eigenvalue weighted by Gasteiger charge is 2.29. The van der Waals surface area contributed by atoms with Gasteiger partial charge in [0.25, 0.3) is 0 Å². The third-order valence-electron chi connectivity index (χ3n) is 2.98. The van der Waals surface area contributed by atoms with Crippen molar-refractivity contribution in [2.45, 2.75) is 38.8 Å². The van der Waals surface area contributed by atoms with Crippen LogP contribution in [0.5, 0.6) is 0 Å². The molecule has 1 aromatic heterocycles. The van der Waals surface area contributed by atoms with Crippen LogP contribution in [0.3, 0.4) is 0 Å². The summed E-state index contributed by atoms with van der Waals surface area (Å²) in [7, 11) is 0. The van der Waals surface area contributed by atoms with Crippen LogP contribution in [0.1, 0.15) is 26.7 Å². The lowest BCUT2D eigenvalue weighted by atomic mass is 10.0. The van der Waals surface area contributed by atoms with E-state index in [1.165, 1.54) is 6.42 Å². The summed E-state index contributed by atoms with van der Waals surface area (Å²) in [5.74, 6) is 0.939. The number of hydrogen-bond acceptors (Lipinski definition) is 3. The lowest BCUT2D eigenvalue weighted by molar-refractivity contribution is 0.0313. The monoisotopic (exact) mass is 209 g/mol. The van der Waals surface area contributed by atoms with Crippen LogP contribution in [0, 0.1) is 0 Å². The molecule has 1 aliphatic rings. The van der Waals surface area contributed by atoms with Crippen molar-refractivity contribution in [3.63, 3.8) is 0 Å². The lowest BCUT2D eigenvalue weighted by Gasteiger charge is -2.23. The zero-order valence-electron chi connectivity index (χ0n) is 9.49. The third-order valence-corrected chi connectivity index (χ3v) is 2.98. The van der Waals surface area contributed by atoms with Gasteiger partial charge >= 0.3 is 0 Å². The molecule has 1 aromatic rings. The molecule has 15 heavy (non-hydrogen) atoms. The molecule has 0 aliphatic carbocycles. The SMILES string of the molecule is CCn1ccnc1NCC1(C)CCCO1. The summed E-state index contributed by atoms with van der Waals surface area (Å²) < 4.78 is 7.81. The van der Waals surface area contributed by atoms with Gasteiger partial charge in [0, 0.05) is 32.1 Å². The first kappa shape index (κ1) is 10.5. The molecule has 0 amide bonds. The van der Waals surface area contributed by atoms with Gasteiger partial charge in [-0.15, -0.1) is 0 Å². The fourth-order valence-corrected chi connectivity index (χ4v) is 1.97. The number of nitrogens with one attached hydrogen (secondary N) is 1. The molecular weight excluding hydrogens is 190 g/mol. The second kappa shape index (κ2) is 4.23. The Bertz CT molecular complexity index is 315. The average molecular weight is 209 g/mol. The van der Waals surface area contributed by atoms with Crippen LogP contribution in [-0.2, 0) is 11.3 Å². The van der Waals surface area contributed by atoms with Gasteiger partial charge in [-0.05, 0) is 26.7 Å². The van der Waals surface area contributed by atoms with Crippen LogP contribution in [0.15, 0.2) is 12.4 Å². The van der Waals surface area contributed by atoms with Crippen LogP contribution >= 0.6 is 0 Å². The van der Waals surface area contributed by atoms with E-state index in [2.05, 4.69) is 28.7 Å². The molecule has 0 saturated carbocycles. The standard InChI is InChI=1S/C11H19N3O/c1-3-14-7-6-12-10(14)13-9-11(2)5-4-8-15-11/h6-7H,3-5,8-9H2,1-2H3,(H,12,13). The minimum absolute atomic E-state index is 0.00940. The maximum atomic E-state index is 5.71. The highest BCUT2D eigenvalue weighted by molar-refractivity contribution is 5.26. The van der Waals surface area contributed by atoms with Crippen LogP contribution < -0.4 is 5.32 Å². The van der Waals surface area contributed by atoms with E-state index < -0.39 is 0 Å². The highest BCUT2D eigenvalue weighted by atomic mass is 16.5. The molecule has 2 rings (SSSR count). The summed E-state index contributed by atoms with van der Waals surface area (Å²) in [5, 5.41) is 3.35. The molecule has 0 spiro atoms. The quantitative estimate of drug-likeness (QED) is 0.823. The molecule has 1 N–H and O–H groups in total. The highest BCUT2D eigenvalue weighted by Crippen LogP contribution is 2.25. The van der Waals surface area contributed by atoms with Crippen molar-refractivity contribution in [1.29, 1.82) is 0 Å². The first-order valence-electron chi connectivity index (χ1n) is 5.62. The lowest BCUT2D eigenvalue weighted by Crippen LogP contribution is -2.33. The summed E-state index contributed by atoms with van der Waals surface area (Å²) in [4.78, 5) is 4.28. The predicted molar refractivity (Wildman–Crippen MR) is 60.0 cm³/mol. The van der Waals surface area contributed by atoms with Gasteiger partial charge in [0.1, 0.15) is 0 Å². The van der Waals surface area contributed by atoms with Crippen LogP contribution in [0.2, 0.25) is 0 Å². The number of rotatable bonds is 4. The predicted octanol–water partition coefficient (Wildman–Crippen LogP) is 1.88. The first-order chi connectivity index (χ1) is 7.23. The van der Waals surface area contributed by atoms with E-state index >= 15 is 0 Å². The maximum Gasteiger partial charge on any atom is 0.202 e. The van der Waals surface area contributed by atoms with E-state index in [-0.39, 0.29) is 5.60 Å². The summed E-state index contributed by atoms with van der Waals surface area (Å²) in [6, 6.07) is 0. The summed E-state index contributed by atoms with van der Waals surface area (Å²) in [6.07, 6.45) is 6.11. The number of hydrogen-bond donors (Lipinski definition) is 1. The van der Waals surface area contributed by atoms with Crippen molar-refractivity contribution >= 4 is 5.95 Å². The van der Waals surface area contributed by atoms with Crippen LogP contribution in [-0.4, -0.2) is 28.3 Å². The normalized spacial score (nSPS) is 25.7. The Morgan fingerprint density at radius 1 is 1.67 bits per heavy atom. The molecule has 1 atom stereocenters. The molecule has 1 aliphatic heterocycles. The fraction of sp³-hybridized carbons (Fsp3) is 0.727. The van der Waals surface area contributed by atoms with Crippen molar-refractivity contribution < 1.29 is 4.74 Å². The van der Waals surface area contributed by atoms with Gasteiger partial charge in [-0.1, -0.05) is 0 Å². The Kier molecular flexibility index (Phi) is 2.95. The molecule has 0 radical (unpaired) electrons. The zero-order chi connectivity index (χ0) is 10.7. The summed E-state index contributed by atoms with van der Waals surface area (Å²) in [5.41, 5.74) is -0.00940. The van der Waals surface area contributed by atoms with Gasteiger partial charge in [0.2, 0.25) is 5.95 Å². The van der Waals surface area contributed by atoms with E-state index in [1.54, 1.807) is 0 Å². The Hall–Kier alpha value is -1.03. The molecule has 4 nitrogen and oxygen atoms in total. The molecule has 1 unspecified atom stereocenters. The number of anilines is 1. The molecule has 0 aromatic carbocycles. The number of ether oxygens (including phenoxy) is 1. The number of aromatic nitrogens is 2. The molecule has 4 heteroatoms. The third kappa shape index (κ3) is 2.31. The molecule has 1 saturated heterocycles. The smallest absolute Gasteiger partial charge is 0.202 e. The topological polar surface area (TPSA) is 39.1 Å². The zero-order valence-corrected chi connectivity index (χ0v) is 9.49. The van der Waals surface area contributed by atoms with E-state index in [0.29, 0.717) is 0 Å². The second-order valence-electron chi connectivity index (χ2n) is 4.29.